The molecule has 5 aromatic rings. The highest BCUT2D eigenvalue weighted by Gasteiger charge is 2.17. The second kappa shape index (κ2) is 10.4. The van der Waals surface area contributed by atoms with Crippen LogP contribution in [0.5, 0.6) is 0 Å². The summed E-state index contributed by atoms with van der Waals surface area (Å²) in [5, 5.41) is 19.3. The summed E-state index contributed by atoms with van der Waals surface area (Å²) >= 11 is 0. The zero-order valence-electron chi connectivity index (χ0n) is 21.7. The van der Waals surface area contributed by atoms with Crippen molar-refractivity contribution in [2.45, 2.75) is 23.6 Å². The maximum atomic E-state index is 11.9. The van der Waals surface area contributed by atoms with E-state index in [1.165, 1.54) is 36.4 Å². The van der Waals surface area contributed by atoms with Gasteiger partial charge in [0.15, 0.2) is 0 Å². The molecule has 11 nitrogen and oxygen atoms in total. The van der Waals surface area contributed by atoms with Crippen molar-refractivity contribution in [3.05, 3.63) is 90.0 Å². The zero-order valence-corrected chi connectivity index (χ0v) is 23.3. The van der Waals surface area contributed by atoms with Gasteiger partial charge in [0, 0.05) is 27.2 Å². The monoisotopic (exact) mass is 589 g/mol. The molecular formula is C28H23N5O6S2. The Kier molecular flexibility index (Phi) is 7.13. The Bertz CT molecular complexity index is 2140. The van der Waals surface area contributed by atoms with Crippen molar-refractivity contribution in [1.29, 1.82) is 0 Å². The van der Waals surface area contributed by atoms with Crippen molar-refractivity contribution in [2.75, 3.05) is 5.73 Å². The second-order valence-corrected chi connectivity index (χ2v) is 12.1. The Labute approximate surface area is 235 Å². The molecule has 0 unspecified atom stereocenters. The van der Waals surface area contributed by atoms with Crippen LogP contribution >= 0.6 is 0 Å². The van der Waals surface area contributed by atoms with Crippen LogP contribution in [-0.2, 0) is 20.2 Å². The van der Waals surface area contributed by atoms with Gasteiger partial charge in [-0.25, -0.2) is 0 Å². The van der Waals surface area contributed by atoms with Crippen LogP contribution in [0.15, 0.2) is 109 Å². The third kappa shape index (κ3) is 5.69. The molecule has 0 spiro atoms. The Morgan fingerprint density at radius 2 is 1.22 bits per heavy atom. The molecule has 0 heterocycles. The standard InChI is InChI=1S/C28H23N5O6S2/c1-16-6-13-27(41(37,38)39)26(14-16)33-30-23-11-12-25(21-15-18(40(34,35)36)7-8-19(21)23)32-31-24-10-9-22(29)28-17(2)4-3-5-20(24)28/h3-15H,29H2,1-2H3,(H,34,35,36)(H,37,38,39). The second-order valence-electron chi connectivity index (χ2n) is 9.30. The van der Waals surface area contributed by atoms with Crippen LogP contribution in [0.2, 0.25) is 0 Å². The number of fused-ring (bicyclic) bond motifs is 2. The Balaban J connectivity index is 1.66. The van der Waals surface area contributed by atoms with Gasteiger partial charge in [-0.2, -0.15) is 16.8 Å². The number of azo groups is 2. The minimum absolute atomic E-state index is 0.0792. The lowest BCUT2D eigenvalue weighted by molar-refractivity contribution is 0.481. The number of nitrogens with zero attached hydrogens (tertiary/aromatic N) is 4. The molecule has 0 aliphatic carbocycles. The van der Waals surface area contributed by atoms with E-state index in [-0.39, 0.29) is 27.3 Å². The van der Waals surface area contributed by atoms with Gasteiger partial charge < -0.3 is 5.73 Å². The SMILES string of the molecule is Cc1ccc(S(=O)(=O)O)c(N=Nc2ccc(N=Nc3ccc(N)c4c(C)cccc34)c3cc(S(=O)(=O)O)ccc23)c1. The highest BCUT2D eigenvalue weighted by molar-refractivity contribution is 7.86. The van der Waals surface area contributed by atoms with E-state index >= 15 is 0 Å². The highest BCUT2D eigenvalue weighted by atomic mass is 32.2. The quantitative estimate of drug-likeness (QED) is 0.104. The van der Waals surface area contributed by atoms with Gasteiger partial charge >= 0.3 is 0 Å². The summed E-state index contributed by atoms with van der Waals surface area (Å²) in [6.07, 6.45) is 0. The van der Waals surface area contributed by atoms with Crippen molar-refractivity contribution >= 4 is 70.2 Å². The molecule has 4 N–H and O–H groups in total. The first-order chi connectivity index (χ1) is 19.3. The molecule has 0 saturated heterocycles. The van der Waals surface area contributed by atoms with Crippen molar-refractivity contribution < 1.29 is 25.9 Å². The highest BCUT2D eigenvalue weighted by Crippen LogP contribution is 2.39. The summed E-state index contributed by atoms with van der Waals surface area (Å²) < 4.78 is 66.7. The normalized spacial score (nSPS) is 12.7. The number of anilines is 1. The van der Waals surface area contributed by atoms with Crippen molar-refractivity contribution in [2.24, 2.45) is 20.5 Å². The zero-order chi connectivity index (χ0) is 29.5. The van der Waals surface area contributed by atoms with Crippen LogP contribution in [0, 0.1) is 13.8 Å². The van der Waals surface area contributed by atoms with Crippen LogP contribution in [-0.4, -0.2) is 25.9 Å². The van der Waals surface area contributed by atoms with E-state index < -0.39 is 25.1 Å². The van der Waals surface area contributed by atoms with Gasteiger partial charge in [0.2, 0.25) is 0 Å². The molecule has 0 aliphatic heterocycles. The van der Waals surface area contributed by atoms with Gasteiger partial charge in [0.1, 0.15) is 10.6 Å². The topological polar surface area (TPSA) is 184 Å². The van der Waals surface area contributed by atoms with E-state index in [4.69, 9.17) is 5.73 Å². The number of nitrogen functional groups attached to an aromatic ring is 1. The first kappa shape index (κ1) is 28.0. The number of hydrogen-bond acceptors (Lipinski definition) is 9. The Hall–Kier alpha value is -4.56. The third-order valence-electron chi connectivity index (χ3n) is 6.42. The molecule has 0 amide bonds. The largest absolute Gasteiger partial charge is 0.398 e. The molecule has 41 heavy (non-hydrogen) atoms. The molecule has 0 radical (unpaired) electrons. The van der Waals surface area contributed by atoms with Gasteiger partial charge in [-0.3, -0.25) is 9.11 Å². The molecule has 0 aliphatic rings. The summed E-state index contributed by atoms with van der Waals surface area (Å²) in [4.78, 5) is -0.780. The van der Waals surface area contributed by atoms with Gasteiger partial charge in [-0.1, -0.05) is 30.3 Å². The predicted molar refractivity (Wildman–Crippen MR) is 156 cm³/mol. The van der Waals surface area contributed by atoms with Gasteiger partial charge in [-0.05, 0) is 73.5 Å². The smallest absolute Gasteiger partial charge is 0.296 e. The summed E-state index contributed by atoms with van der Waals surface area (Å²) in [6.45, 7) is 3.66. The fraction of sp³-hybridized carbons (Fsp3) is 0.0714. The number of aryl methyl sites for hydroxylation is 2. The van der Waals surface area contributed by atoms with Crippen molar-refractivity contribution in [1.82, 2.24) is 0 Å². The molecule has 0 atom stereocenters. The van der Waals surface area contributed by atoms with E-state index in [2.05, 4.69) is 20.5 Å². The first-order valence-corrected chi connectivity index (χ1v) is 14.9. The van der Waals surface area contributed by atoms with Crippen molar-refractivity contribution in [3.63, 3.8) is 0 Å². The van der Waals surface area contributed by atoms with Gasteiger partial charge in [0.05, 0.1) is 22.0 Å². The molecular weight excluding hydrogens is 566 g/mol. The third-order valence-corrected chi connectivity index (χ3v) is 8.17. The minimum atomic E-state index is -4.56. The first-order valence-electron chi connectivity index (χ1n) is 12.1. The molecule has 0 fully saturated rings. The number of rotatable bonds is 6. The molecule has 0 saturated carbocycles. The maximum Gasteiger partial charge on any atom is 0.296 e. The summed E-state index contributed by atoms with van der Waals surface area (Å²) in [5.74, 6) is 0. The van der Waals surface area contributed by atoms with E-state index in [0.29, 0.717) is 22.3 Å². The number of benzene rings is 5. The van der Waals surface area contributed by atoms with Crippen LogP contribution < -0.4 is 5.73 Å². The maximum absolute atomic E-state index is 11.9. The lowest BCUT2D eigenvalue weighted by Crippen LogP contribution is -1.98. The average Bonchev–Trinajstić information content (AvgIpc) is 2.90. The summed E-state index contributed by atoms with van der Waals surface area (Å²) in [7, 11) is -9.11. The van der Waals surface area contributed by atoms with Crippen LogP contribution in [0.25, 0.3) is 21.5 Å². The predicted octanol–water partition coefficient (Wildman–Crippen LogP) is 7.52. The van der Waals surface area contributed by atoms with Gasteiger partial charge in [-0.15, -0.1) is 20.5 Å². The molecule has 5 aromatic carbocycles. The van der Waals surface area contributed by atoms with E-state index in [1.54, 1.807) is 31.2 Å². The fourth-order valence-electron chi connectivity index (χ4n) is 4.46. The van der Waals surface area contributed by atoms with E-state index in [9.17, 15) is 25.9 Å². The number of nitrogens with two attached hydrogens (primary N) is 1. The van der Waals surface area contributed by atoms with Gasteiger partial charge in [0.25, 0.3) is 20.2 Å². The molecule has 0 aromatic heterocycles. The van der Waals surface area contributed by atoms with Crippen molar-refractivity contribution in [3.8, 4) is 0 Å². The fourth-order valence-corrected chi connectivity index (χ4v) is 5.57. The minimum Gasteiger partial charge on any atom is -0.398 e. The summed E-state index contributed by atoms with van der Waals surface area (Å²) in [6, 6.07) is 20.3. The Morgan fingerprint density at radius 1 is 0.610 bits per heavy atom. The molecule has 13 heteroatoms. The Morgan fingerprint density at radius 3 is 1.88 bits per heavy atom. The van der Waals surface area contributed by atoms with Crippen LogP contribution in [0.3, 0.4) is 0 Å². The molecule has 5 rings (SSSR count). The summed E-state index contributed by atoms with van der Waals surface area (Å²) in [5.41, 5.74) is 9.42. The number of hydrogen-bond donors (Lipinski definition) is 3. The average molecular weight is 590 g/mol. The lowest BCUT2D eigenvalue weighted by Gasteiger charge is -2.09. The van der Waals surface area contributed by atoms with Crippen LogP contribution in [0.1, 0.15) is 11.1 Å². The van der Waals surface area contributed by atoms with Crippen LogP contribution in [0.4, 0.5) is 28.4 Å². The molecule has 0 bridgehead atoms. The lowest BCUT2D eigenvalue weighted by atomic mass is 10.0. The van der Waals surface area contributed by atoms with E-state index in [1.807, 2.05) is 25.1 Å². The molecule has 208 valence electrons. The van der Waals surface area contributed by atoms with E-state index in [0.717, 1.165) is 16.3 Å².